The molecule has 0 unspecified atom stereocenters. The number of aromatic nitrogens is 1. The highest BCUT2D eigenvalue weighted by atomic mass is 16.5. The van der Waals surface area contributed by atoms with E-state index in [4.69, 9.17) is 9.47 Å². The van der Waals surface area contributed by atoms with Gasteiger partial charge in [0.1, 0.15) is 11.5 Å². The molecule has 8 nitrogen and oxygen atoms in total. The molecule has 2 heterocycles. The summed E-state index contributed by atoms with van der Waals surface area (Å²) in [6.45, 7) is 8.73. The van der Waals surface area contributed by atoms with Crippen LogP contribution in [0.1, 0.15) is 49.1 Å². The molecule has 4 rings (SSSR count). The lowest BCUT2D eigenvalue weighted by Gasteiger charge is -2.26. The van der Waals surface area contributed by atoms with Crippen LogP contribution in [0.3, 0.4) is 0 Å². The van der Waals surface area contributed by atoms with Crippen LogP contribution in [0.15, 0.2) is 66.5 Å². The molecule has 2 N–H and O–H groups in total. The molecule has 1 amide bonds. The maximum atomic E-state index is 13.4. The van der Waals surface area contributed by atoms with Gasteiger partial charge >= 0.3 is 0 Å². The van der Waals surface area contributed by atoms with E-state index in [1.165, 1.54) is 11.0 Å². The zero-order valence-electron chi connectivity index (χ0n) is 22.0. The molecule has 1 fully saturated rings. The molecule has 1 aliphatic rings. The number of rotatable bonds is 9. The van der Waals surface area contributed by atoms with Crippen molar-refractivity contribution in [1.82, 2.24) is 9.88 Å². The summed E-state index contributed by atoms with van der Waals surface area (Å²) in [6.07, 6.45) is 3.25. The first-order valence-corrected chi connectivity index (χ1v) is 12.6. The zero-order valence-corrected chi connectivity index (χ0v) is 22.0. The third-order valence-corrected chi connectivity index (χ3v) is 6.24. The van der Waals surface area contributed by atoms with Crippen molar-refractivity contribution in [3.05, 3.63) is 88.8 Å². The van der Waals surface area contributed by atoms with E-state index in [9.17, 15) is 19.8 Å². The summed E-state index contributed by atoms with van der Waals surface area (Å²) < 4.78 is 11.4. The van der Waals surface area contributed by atoms with Crippen molar-refractivity contribution in [1.29, 1.82) is 0 Å². The summed E-state index contributed by atoms with van der Waals surface area (Å²) in [5, 5.41) is 21.7. The lowest BCUT2D eigenvalue weighted by Crippen LogP contribution is -2.29. The molecule has 0 saturated carbocycles. The van der Waals surface area contributed by atoms with Crippen LogP contribution in [0.4, 0.5) is 0 Å². The Kier molecular flexibility index (Phi) is 8.00. The van der Waals surface area contributed by atoms with Gasteiger partial charge < -0.3 is 24.6 Å². The second kappa shape index (κ2) is 11.4. The third-order valence-electron chi connectivity index (χ3n) is 6.24. The van der Waals surface area contributed by atoms with Crippen LogP contribution in [0.25, 0.3) is 5.76 Å². The maximum Gasteiger partial charge on any atom is 0.295 e. The topological polar surface area (TPSA) is 109 Å². The number of aliphatic hydroxyl groups is 1. The second-order valence-electron chi connectivity index (χ2n) is 9.63. The van der Waals surface area contributed by atoms with Gasteiger partial charge in [0, 0.05) is 24.5 Å². The van der Waals surface area contributed by atoms with Gasteiger partial charge in [-0.3, -0.25) is 14.6 Å². The monoisotopic (exact) mass is 516 g/mol. The van der Waals surface area contributed by atoms with Crippen molar-refractivity contribution in [3.63, 3.8) is 0 Å². The molecule has 0 bridgehead atoms. The Morgan fingerprint density at radius 2 is 1.87 bits per heavy atom. The largest absolute Gasteiger partial charge is 0.507 e. The molecule has 0 radical (unpaired) electrons. The maximum absolute atomic E-state index is 13.4. The fourth-order valence-corrected chi connectivity index (χ4v) is 4.42. The molecule has 3 aromatic rings. The van der Waals surface area contributed by atoms with Gasteiger partial charge in [-0.15, -0.1) is 0 Å². The second-order valence-corrected chi connectivity index (χ2v) is 9.63. The molecule has 1 aliphatic heterocycles. The summed E-state index contributed by atoms with van der Waals surface area (Å²) in [5.41, 5.74) is 2.39. The number of phenolic OH excluding ortho intramolecular Hbond substituents is 1. The van der Waals surface area contributed by atoms with Gasteiger partial charge in [0.25, 0.3) is 11.7 Å². The van der Waals surface area contributed by atoms with Gasteiger partial charge in [-0.25, -0.2) is 0 Å². The highest BCUT2D eigenvalue weighted by molar-refractivity contribution is 6.46. The minimum absolute atomic E-state index is 0.0396. The van der Waals surface area contributed by atoms with Crippen LogP contribution < -0.4 is 9.47 Å². The number of Topliss-reactive ketones (excluding diaryl/α,β-unsaturated/α-hetero) is 1. The number of hydrogen-bond donors (Lipinski definition) is 2. The first-order valence-electron chi connectivity index (χ1n) is 12.6. The Bertz CT molecular complexity index is 1370. The Labute approximate surface area is 222 Å². The Hall–Kier alpha value is -4.33. The minimum atomic E-state index is -0.910. The standard InChI is InChI=1S/C30H32N2O6/c1-5-37-25-14-21(8-10-23(25)33)27-26(29(35)30(36)32(27)16-20-7-6-12-31-15-20)28(34)22-9-11-24(19(4)13-22)38-17-18(2)3/h6-15,18,27,33-34H,5,16-17H2,1-4H3/t27-/m0/s1. The van der Waals surface area contributed by atoms with Gasteiger partial charge in [0.15, 0.2) is 11.5 Å². The number of amides is 1. The molecule has 0 spiro atoms. The van der Waals surface area contributed by atoms with E-state index in [2.05, 4.69) is 18.8 Å². The number of phenols is 1. The van der Waals surface area contributed by atoms with Gasteiger partial charge in [-0.1, -0.05) is 26.0 Å². The first-order chi connectivity index (χ1) is 18.2. The number of ether oxygens (including phenoxy) is 2. The number of aliphatic hydroxyl groups excluding tert-OH is 1. The van der Waals surface area contributed by atoms with Gasteiger partial charge in [0.05, 0.1) is 24.8 Å². The van der Waals surface area contributed by atoms with Crippen molar-refractivity contribution in [3.8, 4) is 17.2 Å². The van der Waals surface area contributed by atoms with E-state index in [1.807, 2.05) is 13.0 Å². The molecule has 198 valence electrons. The number of aromatic hydroxyl groups is 1. The number of hydrogen-bond acceptors (Lipinski definition) is 7. The molecule has 38 heavy (non-hydrogen) atoms. The van der Waals surface area contributed by atoms with Crippen molar-refractivity contribution >= 4 is 17.4 Å². The first kappa shape index (κ1) is 26.7. The van der Waals surface area contributed by atoms with E-state index in [1.54, 1.807) is 55.7 Å². The van der Waals surface area contributed by atoms with E-state index in [0.717, 1.165) is 11.1 Å². The third kappa shape index (κ3) is 5.49. The van der Waals surface area contributed by atoms with Crippen LogP contribution in [-0.4, -0.2) is 45.0 Å². The smallest absolute Gasteiger partial charge is 0.295 e. The van der Waals surface area contributed by atoms with E-state index in [0.29, 0.717) is 36.0 Å². The van der Waals surface area contributed by atoms with Crippen LogP contribution in [0, 0.1) is 12.8 Å². The number of ketones is 1. The summed E-state index contributed by atoms with van der Waals surface area (Å²) in [6, 6.07) is 12.5. The van der Waals surface area contributed by atoms with E-state index >= 15 is 0 Å². The fourth-order valence-electron chi connectivity index (χ4n) is 4.42. The van der Waals surface area contributed by atoms with Crippen LogP contribution in [0.2, 0.25) is 0 Å². The average molecular weight is 517 g/mol. The van der Waals surface area contributed by atoms with Crippen LogP contribution >= 0.6 is 0 Å². The predicted octanol–water partition coefficient (Wildman–Crippen LogP) is 5.15. The number of pyridine rings is 1. The van der Waals surface area contributed by atoms with Crippen LogP contribution in [-0.2, 0) is 16.1 Å². The number of carbonyl (C=O) groups is 2. The normalized spacial score (nSPS) is 16.8. The van der Waals surface area contributed by atoms with Crippen molar-refractivity contribution in [2.45, 2.75) is 40.3 Å². The van der Waals surface area contributed by atoms with E-state index in [-0.39, 0.29) is 29.4 Å². The molecule has 1 saturated heterocycles. The van der Waals surface area contributed by atoms with Crippen molar-refractivity contribution in [2.24, 2.45) is 5.92 Å². The van der Waals surface area contributed by atoms with Gasteiger partial charge in [-0.05, 0) is 72.9 Å². The quantitative estimate of drug-likeness (QED) is 0.230. The van der Waals surface area contributed by atoms with Crippen molar-refractivity contribution in [2.75, 3.05) is 13.2 Å². The Balaban J connectivity index is 1.83. The molecule has 8 heteroatoms. The summed E-state index contributed by atoms with van der Waals surface area (Å²) in [5.74, 6) is -0.618. The molecular formula is C30H32N2O6. The number of nitrogens with zero attached hydrogens (tertiary/aromatic N) is 2. The molecule has 0 aliphatic carbocycles. The molecular weight excluding hydrogens is 484 g/mol. The highest BCUT2D eigenvalue weighted by Crippen LogP contribution is 2.42. The van der Waals surface area contributed by atoms with Crippen molar-refractivity contribution < 1.29 is 29.3 Å². The fraction of sp³-hybridized carbons (Fsp3) is 0.300. The predicted molar refractivity (Wildman–Crippen MR) is 143 cm³/mol. The Morgan fingerprint density at radius 3 is 2.53 bits per heavy atom. The van der Waals surface area contributed by atoms with E-state index < -0.39 is 17.7 Å². The zero-order chi connectivity index (χ0) is 27.4. The molecule has 1 aromatic heterocycles. The minimum Gasteiger partial charge on any atom is -0.507 e. The summed E-state index contributed by atoms with van der Waals surface area (Å²) >= 11 is 0. The van der Waals surface area contributed by atoms with Gasteiger partial charge in [0.2, 0.25) is 0 Å². The Morgan fingerprint density at radius 1 is 1.08 bits per heavy atom. The van der Waals surface area contributed by atoms with Crippen LogP contribution in [0.5, 0.6) is 17.2 Å². The lowest BCUT2D eigenvalue weighted by atomic mass is 9.94. The summed E-state index contributed by atoms with van der Waals surface area (Å²) in [4.78, 5) is 32.2. The lowest BCUT2D eigenvalue weighted by molar-refractivity contribution is -0.140. The SMILES string of the molecule is CCOc1cc([C@H]2C(=C(O)c3ccc(OCC(C)C)c(C)c3)C(=O)C(=O)N2Cc2cccnc2)ccc1O. The number of carbonyl (C=O) groups excluding carboxylic acids is 2. The summed E-state index contributed by atoms with van der Waals surface area (Å²) in [7, 11) is 0. The molecule has 1 atom stereocenters. The number of benzene rings is 2. The number of aryl methyl sites for hydroxylation is 1. The van der Waals surface area contributed by atoms with Gasteiger partial charge in [-0.2, -0.15) is 0 Å². The number of likely N-dealkylation sites (tertiary alicyclic amines) is 1. The molecule has 2 aromatic carbocycles. The highest BCUT2D eigenvalue weighted by Gasteiger charge is 2.46. The average Bonchev–Trinajstić information content (AvgIpc) is 3.14.